The number of para-hydroxylation sites is 1. The van der Waals surface area contributed by atoms with Gasteiger partial charge in [0.25, 0.3) is 0 Å². The van der Waals surface area contributed by atoms with Gasteiger partial charge < -0.3 is 9.15 Å². The zero-order chi connectivity index (χ0) is 22.6. The second kappa shape index (κ2) is 8.80. The lowest BCUT2D eigenvalue weighted by molar-refractivity contribution is 0.0734. The average Bonchev–Trinajstić information content (AvgIpc) is 3.30. The van der Waals surface area contributed by atoms with Gasteiger partial charge in [0.15, 0.2) is 5.76 Å². The molecule has 0 saturated heterocycles. The number of carbonyl (C=O) groups is 2. The second-order valence-electron chi connectivity index (χ2n) is 7.30. The van der Waals surface area contributed by atoms with Crippen molar-refractivity contribution in [2.75, 3.05) is 0 Å². The molecule has 5 aromatic rings. The quantitative estimate of drug-likeness (QED) is 0.170. The van der Waals surface area contributed by atoms with Crippen LogP contribution in [0.4, 0.5) is 0 Å². The molecule has 0 aliphatic rings. The summed E-state index contributed by atoms with van der Waals surface area (Å²) in [7, 11) is 0. The van der Waals surface area contributed by atoms with E-state index in [1.165, 1.54) is 6.21 Å². The van der Waals surface area contributed by atoms with E-state index in [0.717, 1.165) is 16.2 Å². The zero-order valence-corrected chi connectivity index (χ0v) is 17.4. The monoisotopic (exact) mass is 434 g/mol. The molecule has 33 heavy (non-hydrogen) atoms. The number of nitrogens with zero attached hydrogens (tertiary/aromatic N) is 1. The maximum atomic E-state index is 12.6. The largest absolute Gasteiger partial charge is 0.451 e. The number of benzene rings is 4. The first-order valence-electron chi connectivity index (χ1n) is 10.3. The summed E-state index contributed by atoms with van der Waals surface area (Å²) in [5.41, 5.74) is 4.11. The van der Waals surface area contributed by atoms with Gasteiger partial charge in [0.2, 0.25) is 0 Å². The molecule has 0 spiro atoms. The van der Waals surface area contributed by atoms with Crippen molar-refractivity contribution in [3.05, 3.63) is 114 Å². The maximum Gasteiger partial charge on any atom is 0.343 e. The van der Waals surface area contributed by atoms with Gasteiger partial charge >= 0.3 is 11.9 Å². The number of furan rings is 1. The number of carbonyl (C=O) groups excluding carboxylic acids is 2. The minimum atomic E-state index is -0.481. The van der Waals surface area contributed by atoms with E-state index in [9.17, 15) is 9.59 Å². The Hall–Kier alpha value is -4.71. The Morgan fingerprint density at radius 3 is 2.36 bits per heavy atom. The third-order valence-electron chi connectivity index (χ3n) is 5.15. The van der Waals surface area contributed by atoms with Gasteiger partial charge in [0.1, 0.15) is 11.3 Å². The first kappa shape index (κ1) is 20.2. The molecule has 6 heteroatoms. The highest BCUT2D eigenvalue weighted by Gasteiger charge is 2.14. The molecule has 5 rings (SSSR count). The van der Waals surface area contributed by atoms with Gasteiger partial charge in [-0.3, -0.25) is 4.79 Å². The van der Waals surface area contributed by atoms with Crippen LogP contribution in [0.5, 0.6) is 5.75 Å². The first-order chi connectivity index (χ1) is 16.2. The number of ether oxygens (including phenoxy) is 1. The number of hydrogen-bond donors (Lipinski definition) is 1. The highest BCUT2D eigenvalue weighted by atomic mass is 16.5. The molecule has 0 radical (unpaired) electrons. The summed E-state index contributed by atoms with van der Waals surface area (Å²) in [6.45, 7) is 0. The number of hydrogen-bond acceptors (Lipinski definition) is 5. The molecule has 160 valence electrons. The third kappa shape index (κ3) is 4.22. The zero-order valence-electron chi connectivity index (χ0n) is 17.4. The Bertz CT molecular complexity index is 1470. The van der Waals surface area contributed by atoms with Crippen LogP contribution in [0.3, 0.4) is 0 Å². The molecule has 1 aromatic heterocycles. The average molecular weight is 434 g/mol. The summed E-state index contributed by atoms with van der Waals surface area (Å²) in [4.78, 5) is 25.1. The van der Waals surface area contributed by atoms with Crippen LogP contribution in [0.25, 0.3) is 21.7 Å². The fraction of sp³-hybridized carbons (Fsp3) is 0. The molecule has 1 amide bonds. The van der Waals surface area contributed by atoms with Crippen LogP contribution >= 0.6 is 0 Å². The Kier molecular flexibility index (Phi) is 5.39. The maximum absolute atomic E-state index is 12.6. The predicted molar refractivity (Wildman–Crippen MR) is 127 cm³/mol. The molecular formula is C27H18N2O4. The van der Waals surface area contributed by atoms with Gasteiger partial charge in [-0.05, 0) is 41.1 Å². The topological polar surface area (TPSA) is 80.9 Å². The van der Waals surface area contributed by atoms with E-state index in [1.807, 2.05) is 54.6 Å². The van der Waals surface area contributed by atoms with E-state index in [2.05, 4.69) is 10.5 Å². The molecular weight excluding hydrogens is 416 g/mol. The van der Waals surface area contributed by atoms with Gasteiger partial charge in [-0.1, -0.05) is 66.7 Å². The smallest absolute Gasteiger partial charge is 0.343 e. The van der Waals surface area contributed by atoms with Crippen LogP contribution in [0.2, 0.25) is 0 Å². The van der Waals surface area contributed by atoms with E-state index >= 15 is 0 Å². The third-order valence-corrected chi connectivity index (χ3v) is 5.15. The molecule has 0 atom stereocenters. The number of amides is 1. The van der Waals surface area contributed by atoms with E-state index in [4.69, 9.17) is 9.15 Å². The fourth-order valence-electron chi connectivity index (χ4n) is 3.54. The number of rotatable bonds is 5. The van der Waals surface area contributed by atoms with Crippen LogP contribution < -0.4 is 10.2 Å². The van der Waals surface area contributed by atoms with Gasteiger partial charge in [-0.2, -0.15) is 5.10 Å². The highest BCUT2D eigenvalue weighted by molar-refractivity contribution is 6.04. The van der Waals surface area contributed by atoms with Gasteiger partial charge in [-0.25, -0.2) is 10.2 Å². The van der Waals surface area contributed by atoms with Gasteiger partial charge in [0.05, 0.1) is 11.8 Å². The van der Waals surface area contributed by atoms with E-state index in [1.54, 1.807) is 42.5 Å². The lowest BCUT2D eigenvalue weighted by Crippen LogP contribution is -2.17. The number of esters is 1. The van der Waals surface area contributed by atoms with Crippen LogP contribution in [-0.2, 0) is 0 Å². The molecule has 1 N–H and O–H groups in total. The Morgan fingerprint density at radius 2 is 1.55 bits per heavy atom. The highest BCUT2D eigenvalue weighted by Crippen LogP contribution is 2.27. The molecule has 0 saturated carbocycles. The van der Waals surface area contributed by atoms with Crippen LogP contribution in [0.15, 0.2) is 107 Å². The SMILES string of the molecule is O=C(Oc1ccc2ccccc2c1C=NNC(=O)c1cc2ccccc2o1)c1ccccc1. The predicted octanol–water partition coefficient (Wildman–Crippen LogP) is 5.57. The van der Waals surface area contributed by atoms with Crippen molar-refractivity contribution in [1.82, 2.24) is 5.43 Å². The summed E-state index contributed by atoms with van der Waals surface area (Å²) < 4.78 is 11.2. The lowest BCUT2D eigenvalue weighted by Gasteiger charge is -2.10. The molecule has 0 unspecified atom stereocenters. The van der Waals surface area contributed by atoms with Crippen LogP contribution in [0.1, 0.15) is 26.5 Å². The molecule has 1 heterocycles. The fourth-order valence-corrected chi connectivity index (χ4v) is 3.54. The van der Waals surface area contributed by atoms with Crippen molar-refractivity contribution in [3.63, 3.8) is 0 Å². The minimum absolute atomic E-state index is 0.155. The molecule has 0 fully saturated rings. The van der Waals surface area contributed by atoms with Crippen molar-refractivity contribution in [1.29, 1.82) is 0 Å². The second-order valence-corrected chi connectivity index (χ2v) is 7.30. The molecule has 0 bridgehead atoms. The summed E-state index contributed by atoms with van der Waals surface area (Å²) in [5.74, 6) is -0.469. The Balaban J connectivity index is 1.43. The van der Waals surface area contributed by atoms with Crippen molar-refractivity contribution >= 4 is 39.8 Å². The molecule has 6 nitrogen and oxygen atoms in total. The van der Waals surface area contributed by atoms with Crippen molar-refractivity contribution in [2.24, 2.45) is 5.10 Å². The van der Waals surface area contributed by atoms with Gasteiger partial charge in [0, 0.05) is 10.9 Å². The molecule has 4 aromatic carbocycles. The number of nitrogens with one attached hydrogen (secondary N) is 1. The lowest BCUT2D eigenvalue weighted by atomic mass is 10.0. The summed E-state index contributed by atoms with van der Waals surface area (Å²) in [6, 6.07) is 29.0. The van der Waals surface area contributed by atoms with Crippen molar-refractivity contribution in [2.45, 2.75) is 0 Å². The first-order valence-corrected chi connectivity index (χ1v) is 10.3. The normalized spacial score (nSPS) is 11.2. The summed E-state index contributed by atoms with van der Waals surface area (Å²) >= 11 is 0. The van der Waals surface area contributed by atoms with E-state index in [-0.39, 0.29) is 5.76 Å². The summed E-state index contributed by atoms with van der Waals surface area (Å²) in [5, 5.41) is 6.71. The van der Waals surface area contributed by atoms with E-state index < -0.39 is 11.9 Å². The number of hydrazone groups is 1. The van der Waals surface area contributed by atoms with Crippen molar-refractivity contribution in [3.8, 4) is 5.75 Å². The van der Waals surface area contributed by atoms with Crippen LogP contribution in [0, 0.1) is 0 Å². The van der Waals surface area contributed by atoms with Gasteiger partial charge in [-0.15, -0.1) is 0 Å². The molecule has 0 aliphatic heterocycles. The summed E-state index contributed by atoms with van der Waals surface area (Å²) in [6.07, 6.45) is 1.47. The Labute approximate surface area is 189 Å². The number of fused-ring (bicyclic) bond motifs is 2. The van der Waals surface area contributed by atoms with Crippen molar-refractivity contribution < 1.29 is 18.7 Å². The van der Waals surface area contributed by atoms with E-state index in [0.29, 0.717) is 22.5 Å². The standard InChI is InChI=1S/C27H18N2O4/c30-26(25-16-20-11-5-7-13-23(20)32-25)29-28-17-22-21-12-6-4-8-18(21)14-15-24(22)33-27(31)19-9-2-1-3-10-19/h1-17H,(H,29,30). The van der Waals surface area contributed by atoms with Crippen LogP contribution in [-0.4, -0.2) is 18.1 Å². The minimum Gasteiger partial charge on any atom is -0.451 e. The Morgan fingerprint density at radius 1 is 0.818 bits per heavy atom. The molecule has 0 aliphatic carbocycles.